The lowest BCUT2D eigenvalue weighted by Gasteiger charge is -2.47. The van der Waals surface area contributed by atoms with Gasteiger partial charge >= 0.3 is 6.09 Å². The first-order chi connectivity index (χ1) is 12.5. The Morgan fingerprint density at radius 3 is 2.42 bits per heavy atom. The number of ether oxygens (including phenoxy) is 2. The van der Waals surface area contributed by atoms with E-state index in [2.05, 4.69) is 13.8 Å². The number of rotatable bonds is 6. The summed E-state index contributed by atoms with van der Waals surface area (Å²) in [5, 5.41) is 0. The maximum atomic E-state index is 12.6. The van der Waals surface area contributed by atoms with E-state index in [0.29, 0.717) is 44.2 Å². The van der Waals surface area contributed by atoms with Crippen molar-refractivity contribution >= 4 is 11.9 Å². The molecule has 2 atom stereocenters. The summed E-state index contributed by atoms with van der Waals surface area (Å²) in [5.74, 6) is 0.925. The Labute approximate surface area is 155 Å². The molecule has 2 fully saturated rings. The third-order valence-electron chi connectivity index (χ3n) is 5.36. The van der Waals surface area contributed by atoms with Gasteiger partial charge in [0.05, 0.1) is 25.3 Å². The van der Waals surface area contributed by atoms with E-state index in [4.69, 9.17) is 9.47 Å². The predicted octanol–water partition coefficient (Wildman–Crippen LogP) is 3.81. The molecule has 2 aliphatic rings. The van der Waals surface area contributed by atoms with Crippen molar-refractivity contribution in [3.8, 4) is 0 Å². The number of nitrogens with zero attached hydrogens (tertiary/aromatic N) is 1. The van der Waals surface area contributed by atoms with Crippen LogP contribution in [-0.4, -0.2) is 42.1 Å². The zero-order valence-electron chi connectivity index (χ0n) is 15.7. The predicted molar refractivity (Wildman–Crippen MR) is 98.7 cm³/mol. The maximum Gasteiger partial charge on any atom is 0.410 e. The second-order valence-corrected chi connectivity index (χ2v) is 7.86. The van der Waals surface area contributed by atoms with Crippen LogP contribution in [0.15, 0.2) is 30.3 Å². The number of Topliss-reactive ketones (excluding diaryl/α,β-unsaturated/α-hetero) is 1. The molecule has 2 heterocycles. The van der Waals surface area contributed by atoms with Gasteiger partial charge in [-0.2, -0.15) is 0 Å². The Hall–Kier alpha value is -1.88. The highest BCUT2D eigenvalue weighted by Gasteiger charge is 2.44. The first-order valence-electron chi connectivity index (χ1n) is 9.64. The van der Waals surface area contributed by atoms with Gasteiger partial charge in [0, 0.05) is 12.3 Å². The first-order valence-corrected chi connectivity index (χ1v) is 9.64. The average Bonchev–Trinajstić information content (AvgIpc) is 2.63. The molecular weight excluding hydrogens is 330 g/mol. The minimum absolute atomic E-state index is 0.0471. The van der Waals surface area contributed by atoms with Crippen LogP contribution in [0.5, 0.6) is 0 Å². The number of ketones is 1. The van der Waals surface area contributed by atoms with Crippen LogP contribution < -0.4 is 0 Å². The van der Waals surface area contributed by atoms with Crippen LogP contribution >= 0.6 is 0 Å². The fourth-order valence-corrected chi connectivity index (χ4v) is 3.91. The summed E-state index contributed by atoms with van der Waals surface area (Å²) in [7, 11) is 0. The molecule has 0 saturated carbocycles. The van der Waals surface area contributed by atoms with Crippen molar-refractivity contribution in [1.29, 1.82) is 0 Å². The number of piperidine rings is 1. The lowest BCUT2D eigenvalue weighted by molar-refractivity contribution is -0.131. The van der Waals surface area contributed by atoms with Crippen LogP contribution in [0.2, 0.25) is 0 Å². The maximum absolute atomic E-state index is 12.6. The summed E-state index contributed by atoms with van der Waals surface area (Å²) in [4.78, 5) is 27.0. The van der Waals surface area contributed by atoms with Gasteiger partial charge in [-0.15, -0.1) is 0 Å². The van der Waals surface area contributed by atoms with Gasteiger partial charge in [-0.25, -0.2) is 4.79 Å². The third-order valence-corrected chi connectivity index (χ3v) is 5.36. The molecular formula is C21H29NO4. The molecule has 2 bridgehead atoms. The van der Waals surface area contributed by atoms with E-state index in [0.717, 1.165) is 12.0 Å². The molecule has 1 aromatic rings. The van der Waals surface area contributed by atoms with Crippen LogP contribution in [-0.2, 0) is 20.9 Å². The minimum atomic E-state index is -0.291. The highest BCUT2D eigenvalue weighted by Crippen LogP contribution is 2.33. The van der Waals surface area contributed by atoms with Crippen LogP contribution in [0, 0.1) is 11.8 Å². The van der Waals surface area contributed by atoms with Crippen molar-refractivity contribution in [2.45, 2.75) is 58.2 Å². The quantitative estimate of drug-likeness (QED) is 0.775. The molecule has 0 N–H and O–H groups in total. The van der Waals surface area contributed by atoms with Crippen LogP contribution in [0.1, 0.15) is 45.1 Å². The number of hydrogen-bond acceptors (Lipinski definition) is 4. The van der Waals surface area contributed by atoms with E-state index >= 15 is 0 Å². The zero-order chi connectivity index (χ0) is 18.5. The first kappa shape index (κ1) is 18.9. The molecule has 0 aromatic heterocycles. The molecule has 2 aliphatic heterocycles. The van der Waals surface area contributed by atoms with E-state index in [1.807, 2.05) is 35.2 Å². The van der Waals surface area contributed by atoms with Gasteiger partial charge < -0.3 is 9.47 Å². The SMILES string of the molecule is CC(C)CCC(=O)C1CC2COCC(C1)N2C(=O)OCc1ccccc1. The van der Waals surface area contributed by atoms with Crippen molar-refractivity contribution in [3.63, 3.8) is 0 Å². The number of morpholine rings is 1. The molecule has 0 aliphatic carbocycles. The molecule has 142 valence electrons. The number of carbonyl (C=O) groups excluding carboxylic acids is 2. The van der Waals surface area contributed by atoms with Crippen molar-refractivity contribution in [1.82, 2.24) is 4.90 Å². The van der Waals surface area contributed by atoms with Gasteiger partial charge in [-0.05, 0) is 30.7 Å². The minimum Gasteiger partial charge on any atom is -0.445 e. The lowest BCUT2D eigenvalue weighted by Crippen LogP contribution is -2.59. The molecule has 1 aromatic carbocycles. The van der Waals surface area contributed by atoms with Crippen molar-refractivity contribution in [3.05, 3.63) is 35.9 Å². The standard InChI is InChI=1S/C21H29NO4/c1-15(2)8-9-20(23)17-10-18-13-25-14-19(11-17)22(18)21(24)26-12-16-6-4-3-5-7-16/h3-7,15,17-19H,8-14H2,1-2H3. The van der Waals surface area contributed by atoms with Gasteiger partial charge in [-0.1, -0.05) is 44.2 Å². The number of benzene rings is 1. The number of amides is 1. The normalized spacial score (nSPS) is 25.2. The van der Waals surface area contributed by atoms with Crippen LogP contribution in [0.4, 0.5) is 4.79 Å². The van der Waals surface area contributed by atoms with Gasteiger partial charge in [0.25, 0.3) is 0 Å². The highest BCUT2D eigenvalue weighted by atomic mass is 16.6. The number of carbonyl (C=O) groups is 2. The van der Waals surface area contributed by atoms with Gasteiger partial charge in [-0.3, -0.25) is 9.69 Å². The summed E-state index contributed by atoms with van der Waals surface area (Å²) in [6, 6.07) is 9.57. The zero-order valence-corrected chi connectivity index (χ0v) is 15.7. The van der Waals surface area contributed by atoms with Crippen molar-refractivity contribution in [2.24, 2.45) is 11.8 Å². The monoisotopic (exact) mass is 359 g/mol. The molecule has 5 nitrogen and oxygen atoms in total. The topological polar surface area (TPSA) is 55.8 Å². The third kappa shape index (κ3) is 4.64. The number of fused-ring (bicyclic) bond motifs is 2. The summed E-state index contributed by atoms with van der Waals surface area (Å²) in [6.45, 7) is 5.53. The van der Waals surface area contributed by atoms with E-state index in [1.54, 1.807) is 0 Å². The van der Waals surface area contributed by atoms with Crippen molar-refractivity contribution < 1.29 is 19.1 Å². The van der Waals surface area contributed by atoms with E-state index < -0.39 is 0 Å². The fraction of sp³-hybridized carbons (Fsp3) is 0.619. The van der Waals surface area contributed by atoms with Crippen LogP contribution in [0.25, 0.3) is 0 Å². The average molecular weight is 359 g/mol. The Morgan fingerprint density at radius 1 is 1.15 bits per heavy atom. The number of hydrogen-bond donors (Lipinski definition) is 0. The summed E-state index contributed by atoms with van der Waals surface area (Å²) < 4.78 is 11.2. The second kappa shape index (κ2) is 8.67. The second-order valence-electron chi connectivity index (χ2n) is 7.86. The summed E-state index contributed by atoms with van der Waals surface area (Å²) in [5.41, 5.74) is 0.973. The molecule has 0 spiro atoms. The largest absolute Gasteiger partial charge is 0.445 e. The molecule has 5 heteroatoms. The van der Waals surface area contributed by atoms with Crippen molar-refractivity contribution in [2.75, 3.05) is 13.2 Å². The molecule has 0 radical (unpaired) electrons. The van der Waals surface area contributed by atoms with E-state index in [-0.39, 0.29) is 30.7 Å². The van der Waals surface area contributed by atoms with Gasteiger partial charge in [0.1, 0.15) is 12.4 Å². The lowest BCUT2D eigenvalue weighted by atomic mass is 9.81. The molecule has 3 rings (SSSR count). The Kier molecular flexibility index (Phi) is 6.30. The highest BCUT2D eigenvalue weighted by molar-refractivity contribution is 5.81. The Bertz CT molecular complexity index is 602. The fourth-order valence-electron chi connectivity index (χ4n) is 3.91. The molecule has 2 unspecified atom stereocenters. The van der Waals surface area contributed by atoms with Gasteiger partial charge in [0.2, 0.25) is 0 Å². The smallest absolute Gasteiger partial charge is 0.410 e. The van der Waals surface area contributed by atoms with Gasteiger partial charge in [0.15, 0.2) is 0 Å². The van der Waals surface area contributed by atoms with Crippen LogP contribution in [0.3, 0.4) is 0 Å². The molecule has 26 heavy (non-hydrogen) atoms. The summed E-state index contributed by atoms with van der Waals surface area (Å²) >= 11 is 0. The summed E-state index contributed by atoms with van der Waals surface area (Å²) in [6.07, 6.45) is 2.66. The molecule has 2 saturated heterocycles. The Balaban J connectivity index is 1.58. The van der Waals surface area contributed by atoms with E-state index in [1.165, 1.54) is 0 Å². The Morgan fingerprint density at radius 2 is 1.81 bits per heavy atom. The van der Waals surface area contributed by atoms with E-state index in [9.17, 15) is 9.59 Å². The molecule has 1 amide bonds.